The zero-order valence-electron chi connectivity index (χ0n) is 14.0. The van der Waals surface area contributed by atoms with Crippen molar-refractivity contribution in [1.82, 2.24) is 0 Å². The number of rotatable bonds is 2. The number of carbonyl (C=O) groups is 2. The number of para-hydroxylation sites is 2. The van der Waals surface area contributed by atoms with Gasteiger partial charge in [0.15, 0.2) is 0 Å². The van der Waals surface area contributed by atoms with Gasteiger partial charge in [-0.2, -0.15) is 0 Å². The van der Waals surface area contributed by atoms with Crippen molar-refractivity contribution in [2.45, 2.75) is 0 Å². The van der Waals surface area contributed by atoms with Crippen molar-refractivity contribution in [3.8, 4) is 11.5 Å². The number of aromatic carboxylic acids is 2. The maximum atomic E-state index is 10.7. The van der Waals surface area contributed by atoms with Crippen LogP contribution in [0.25, 0.3) is 0 Å². The van der Waals surface area contributed by atoms with Crippen LogP contribution in [0.3, 0.4) is 0 Å². The molecule has 0 aliphatic heterocycles. The molecule has 3 aromatic rings. The van der Waals surface area contributed by atoms with Crippen molar-refractivity contribution in [2.75, 3.05) is 0 Å². The SMILES string of the molecule is O=C(O)c1ccccc1[O-].O=C(O)c1ccccc1[O-].[Bi+2][c]1ccccc1. The Balaban J connectivity index is 0.000000206. The molecule has 0 aromatic heterocycles. The summed E-state index contributed by atoms with van der Waals surface area (Å²) in [5.41, 5.74) is -0.356. The normalized spacial score (nSPS) is 9.04. The molecule has 0 aliphatic rings. The van der Waals surface area contributed by atoms with Gasteiger partial charge in [0.2, 0.25) is 0 Å². The van der Waals surface area contributed by atoms with E-state index in [-0.39, 0.29) is 11.1 Å². The number of carboxylic acids is 2. The van der Waals surface area contributed by atoms with Crippen LogP contribution in [-0.2, 0) is 0 Å². The van der Waals surface area contributed by atoms with Crippen LogP contribution in [0.1, 0.15) is 20.7 Å². The van der Waals surface area contributed by atoms with Crippen LogP contribution in [0.4, 0.5) is 0 Å². The van der Waals surface area contributed by atoms with Gasteiger partial charge in [0.05, 0.1) is 11.1 Å². The monoisotopic (exact) mass is 560 g/mol. The number of benzene rings is 3. The predicted molar refractivity (Wildman–Crippen MR) is 97.5 cm³/mol. The fourth-order valence-electron chi connectivity index (χ4n) is 1.71. The molecule has 3 rings (SSSR count). The van der Waals surface area contributed by atoms with E-state index in [1.807, 2.05) is 6.07 Å². The molecule has 0 atom stereocenters. The standard InChI is InChI=1S/2C7H6O3.C6H5.Bi/c2*8-6-4-2-1-3-5(6)7(9)10;1-2-4-6-5-3-1;/h2*1-4,8H,(H,9,10);1-5H;/q;;;+2/p-2. The summed E-state index contributed by atoms with van der Waals surface area (Å²) in [5, 5.41) is 38.1. The van der Waals surface area contributed by atoms with Gasteiger partial charge in [-0.25, -0.2) is 9.59 Å². The molecule has 0 spiro atoms. The van der Waals surface area contributed by atoms with Crippen molar-refractivity contribution >= 4 is 39.9 Å². The Kier molecular flexibility index (Phi) is 9.55. The van der Waals surface area contributed by atoms with Crippen molar-refractivity contribution in [3.05, 3.63) is 90.0 Å². The minimum atomic E-state index is -1.18. The van der Waals surface area contributed by atoms with Crippen molar-refractivity contribution < 1.29 is 30.0 Å². The van der Waals surface area contributed by atoms with E-state index in [1.165, 1.54) is 76.5 Å². The Labute approximate surface area is 171 Å². The molecule has 3 aromatic carbocycles. The van der Waals surface area contributed by atoms with Gasteiger partial charge in [0, 0.05) is 0 Å². The first-order valence-electron chi connectivity index (χ1n) is 7.55. The summed E-state index contributed by atoms with van der Waals surface area (Å²) in [7, 11) is 0. The molecular weight excluding hydrogens is 545 g/mol. The molecule has 27 heavy (non-hydrogen) atoms. The Morgan fingerprint density at radius 3 is 1.19 bits per heavy atom. The van der Waals surface area contributed by atoms with E-state index in [1.54, 1.807) is 0 Å². The number of carboxylic acid groups (broad SMARTS) is 2. The first kappa shape index (κ1) is 22.1. The third-order valence-corrected chi connectivity index (χ3v) is 4.15. The zero-order valence-corrected chi connectivity index (χ0v) is 17.5. The van der Waals surface area contributed by atoms with Crippen molar-refractivity contribution in [1.29, 1.82) is 0 Å². The molecule has 7 heteroatoms. The molecular formula is C20H15BiO6. The summed E-state index contributed by atoms with van der Waals surface area (Å²) < 4.78 is 1.43. The van der Waals surface area contributed by atoms with E-state index >= 15 is 0 Å². The second kappa shape index (κ2) is 11.7. The number of hydrogen-bond donors (Lipinski definition) is 2. The van der Waals surface area contributed by atoms with Gasteiger partial charge in [0.25, 0.3) is 0 Å². The summed E-state index contributed by atoms with van der Waals surface area (Å²) in [6.07, 6.45) is 0. The van der Waals surface area contributed by atoms with Gasteiger partial charge in [-0.15, -0.1) is 0 Å². The summed E-state index contributed by atoms with van der Waals surface area (Å²) in [5.74, 6) is -3.25. The molecule has 2 radical (unpaired) electrons. The van der Waals surface area contributed by atoms with Crippen LogP contribution in [0, 0.1) is 0 Å². The van der Waals surface area contributed by atoms with Gasteiger partial charge < -0.3 is 20.4 Å². The van der Waals surface area contributed by atoms with E-state index in [4.69, 9.17) is 10.2 Å². The zero-order chi connectivity index (χ0) is 20.2. The molecule has 0 amide bonds. The van der Waals surface area contributed by atoms with Crippen molar-refractivity contribution in [2.24, 2.45) is 0 Å². The predicted octanol–water partition coefficient (Wildman–Crippen LogP) is 1.40. The summed E-state index contributed by atoms with van der Waals surface area (Å²) in [6, 6.07) is 21.5. The Bertz CT molecular complexity index is 825. The molecule has 0 saturated heterocycles. The first-order chi connectivity index (χ1) is 12.8. The van der Waals surface area contributed by atoms with Crippen LogP contribution in [0.15, 0.2) is 78.9 Å². The first-order valence-corrected chi connectivity index (χ1v) is 9.29. The molecule has 0 saturated carbocycles. The van der Waals surface area contributed by atoms with Gasteiger partial charge in [-0.1, -0.05) is 47.9 Å². The van der Waals surface area contributed by atoms with Gasteiger partial charge in [0.1, 0.15) is 0 Å². The summed E-state index contributed by atoms with van der Waals surface area (Å²) >= 11 is 1.36. The van der Waals surface area contributed by atoms with E-state index in [2.05, 4.69) is 24.3 Å². The van der Waals surface area contributed by atoms with Crippen LogP contribution in [0.5, 0.6) is 11.5 Å². The van der Waals surface area contributed by atoms with E-state index in [0.29, 0.717) is 0 Å². The molecule has 0 heterocycles. The fourth-order valence-corrected chi connectivity index (χ4v) is 2.38. The van der Waals surface area contributed by atoms with Gasteiger partial charge in [-0.05, 0) is 12.1 Å². The molecule has 0 aliphatic carbocycles. The van der Waals surface area contributed by atoms with Crippen LogP contribution < -0.4 is 13.5 Å². The van der Waals surface area contributed by atoms with E-state index in [0.717, 1.165) is 0 Å². The topological polar surface area (TPSA) is 121 Å². The number of hydrogen-bond acceptors (Lipinski definition) is 4. The van der Waals surface area contributed by atoms with Crippen molar-refractivity contribution in [3.63, 3.8) is 0 Å². The molecule has 0 bridgehead atoms. The average Bonchev–Trinajstić information content (AvgIpc) is 2.64. The molecule has 136 valence electrons. The minimum absolute atomic E-state index is 0.178. The van der Waals surface area contributed by atoms with E-state index < -0.39 is 23.4 Å². The second-order valence-corrected chi connectivity index (χ2v) is 6.95. The third kappa shape index (κ3) is 8.34. The summed E-state index contributed by atoms with van der Waals surface area (Å²) in [4.78, 5) is 20.4. The Hall–Kier alpha value is -2.92. The molecule has 2 N–H and O–H groups in total. The Morgan fingerprint density at radius 1 is 0.630 bits per heavy atom. The molecule has 0 unspecified atom stereocenters. The van der Waals surface area contributed by atoms with E-state index in [9.17, 15) is 19.8 Å². The summed E-state index contributed by atoms with van der Waals surface area (Å²) in [6.45, 7) is 0. The molecule has 0 fully saturated rings. The maximum absolute atomic E-state index is 10.7. The quantitative estimate of drug-likeness (QED) is 0.458. The van der Waals surface area contributed by atoms with Crippen LogP contribution in [0.2, 0.25) is 0 Å². The van der Waals surface area contributed by atoms with Crippen LogP contribution in [-0.4, -0.2) is 46.9 Å². The second-order valence-electron chi connectivity index (χ2n) is 4.94. The van der Waals surface area contributed by atoms with Crippen LogP contribution >= 0.6 is 0 Å². The Morgan fingerprint density at radius 2 is 0.963 bits per heavy atom. The fraction of sp³-hybridized carbons (Fsp3) is 0. The average molecular weight is 560 g/mol. The third-order valence-electron chi connectivity index (χ3n) is 2.99. The van der Waals surface area contributed by atoms with Gasteiger partial charge in [-0.3, -0.25) is 0 Å². The molecule has 6 nitrogen and oxygen atoms in total. The van der Waals surface area contributed by atoms with Gasteiger partial charge >= 0.3 is 70.3 Å².